The molecule has 2 aromatic rings. The fraction of sp³-hybridized carbons (Fsp3) is 0. The number of nitrogens with zero attached hydrogens (tertiary/aromatic N) is 1. The van der Waals surface area contributed by atoms with Crippen LogP contribution in [-0.2, 0) is 0 Å². The van der Waals surface area contributed by atoms with E-state index in [1.807, 2.05) is 0 Å². The van der Waals surface area contributed by atoms with Crippen LogP contribution in [0.25, 0.3) is 5.69 Å². The van der Waals surface area contributed by atoms with E-state index in [2.05, 4.69) is 0 Å². The first-order chi connectivity index (χ1) is 10.6. The topological polar surface area (TPSA) is 132 Å². The molecule has 0 saturated heterocycles. The fourth-order valence-electron chi connectivity index (χ4n) is 1.84. The number of aromatic amines is 1. The fourth-order valence-corrected chi connectivity index (χ4v) is 2.47. The van der Waals surface area contributed by atoms with Gasteiger partial charge in [-0.25, -0.2) is 9.59 Å². The summed E-state index contributed by atoms with van der Waals surface area (Å²) in [5.41, 5.74) is -5.28. The number of hydrogen-bond donors (Lipinski definition) is 2. The van der Waals surface area contributed by atoms with Crippen LogP contribution in [0.3, 0.4) is 0 Å². The molecule has 0 fully saturated rings. The number of nitrogens with one attached hydrogen (secondary N) is 1. The molecule has 2 rings (SSSR count). The minimum Gasteiger partial charge on any atom is -0.543 e. The third kappa shape index (κ3) is 3.94. The summed E-state index contributed by atoms with van der Waals surface area (Å²) in [6, 6.07) is 2.17. The molecular formula is C12H4Cl3KN2O6. The second-order valence-corrected chi connectivity index (χ2v) is 5.35. The molecule has 120 valence electrons. The van der Waals surface area contributed by atoms with Gasteiger partial charge in [0, 0.05) is 0 Å². The van der Waals surface area contributed by atoms with Gasteiger partial charge in [0.1, 0.15) is 0 Å². The molecule has 0 aliphatic heterocycles. The molecule has 0 amide bonds. The SMILES string of the molecule is O=C(O)c1c(C(=O)[O-])n(-c2cc(Cl)c(Cl)cc2Cl)c(=O)[nH]c1=O.[K+]. The van der Waals surface area contributed by atoms with Gasteiger partial charge in [0.15, 0.2) is 5.56 Å². The van der Waals surface area contributed by atoms with Crippen molar-refractivity contribution in [2.24, 2.45) is 0 Å². The van der Waals surface area contributed by atoms with Crippen LogP contribution in [0.1, 0.15) is 20.8 Å². The zero-order valence-corrected chi connectivity index (χ0v) is 17.1. The van der Waals surface area contributed by atoms with Gasteiger partial charge in [0.2, 0.25) is 0 Å². The van der Waals surface area contributed by atoms with Crippen molar-refractivity contribution in [3.8, 4) is 5.69 Å². The molecule has 1 heterocycles. The Kier molecular flexibility index (Phi) is 7.26. The van der Waals surface area contributed by atoms with Gasteiger partial charge >= 0.3 is 63.0 Å². The van der Waals surface area contributed by atoms with Crippen LogP contribution in [-0.4, -0.2) is 26.6 Å². The number of carbonyl (C=O) groups excluding carboxylic acids is 1. The van der Waals surface area contributed by atoms with E-state index < -0.39 is 34.4 Å². The molecule has 0 radical (unpaired) electrons. The molecule has 0 spiro atoms. The number of H-pyrrole nitrogens is 1. The van der Waals surface area contributed by atoms with Gasteiger partial charge < -0.3 is 15.0 Å². The molecular weight excluding hydrogens is 414 g/mol. The Hall–Kier alpha value is -0.654. The molecule has 8 nitrogen and oxygen atoms in total. The summed E-state index contributed by atoms with van der Waals surface area (Å²) in [4.78, 5) is 47.7. The summed E-state index contributed by atoms with van der Waals surface area (Å²) >= 11 is 17.4. The Morgan fingerprint density at radius 3 is 2.12 bits per heavy atom. The number of carboxylic acids is 2. The van der Waals surface area contributed by atoms with E-state index in [9.17, 15) is 24.3 Å². The van der Waals surface area contributed by atoms with Crippen LogP contribution in [0.15, 0.2) is 21.7 Å². The van der Waals surface area contributed by atoms with Crippen LogP contribution in [0, 0.1) is 0 Å². The predicted octanol–water partition coefficient (Wildman–Crippen LogP) is -2.45. The number of aromatic carboxylic acids is 2. The summed E-state index contributed by atoms with van der Waals surface area (Å²) in [6.45, 7) is 0. The average Bonchev–Trinajstić information content (AvgIpc) is 2.42. The van der Waals surface area contributed by atoms with Gasteiger partial charge in [-0.15, -0.1) is 0 Å². The van der Waals surface area contributed by atoms with Gasteiger partial charge in [0.25, 0.3) is 5.56 Å². The Morgan fingerprint density at radius 1 is 1.08 bits per heavy atom. The smallest absolute Gasteiger partial charge is 0.543 e. The number of halogens is 3. The van der Waals surface area contributed by atoms with Crippen molar-refractivity contribution in [1.29, 1.82) is 0 Å². The third-order valence-electron chi connectivity index (χ3n) is 2.75. The van der Waals surface area contributed by atoms with Gasteiger partial charge in [0.05, 0.1) is 32.4 Å². The Morgan fingerprint density at radius 2 is 1.62 bits per heavy atom. The molecule has 24 heavy (non-hydrogen) atoms. The maximum Gasteiger partial charge on any atom is 1.00 e. The first-order valence-corrected chi connectivity index (χ1v) is 6.77. The predicted molar refractivity (Wildman–Crippen MR) is 79.0 cm³/mol. The maximum atomic E-state index is 12.0. The largest absolute Gasteiger partial charge is 1.00 e. The van der Waals surface area contributed by atoms with Crippen molar-refractivity contribution in [3.63, 3.8) is 0 Å². The van der Waals surface area contributed by atoms with Gasteiger partial charge in [-0.05, 0) is 12.1 Å². The molecule has 0 aliphatic rings. The molecule has 0 atom stereocenters. The molecule has 0 unspecified atom stereocenters. The molecule has 12 heteroatoms. The van der Waals surface area contributed by atoms with E-state index in [0.29, 0.717) is 4.57 Å². The van der Waals surface area contributed by atoms with E-state index >= 15 is 0 Å². The van der Waals surface area contributed by atoms with E-state index in [-0.39, 0.29) is 72.1 Å². The monoisotopic (exact) mass is 416 g/mol. The van der Waals surface area contributed by atoms with Crippen molar-refractivity contribution < 1.29 is 71.2 Å². The van der Waals surface area contributed by atoms with Crippen molar-refractivity contribution in [1.82, 2.24) is 9.55 Å². The zero-order chi connectivity index (χ0) is 17.5. The summed E-state index contributed by atoms with van der Waals surface area (Å²) < 4.78 is 0.366. The van der Waals surface area contributed by atoms with E-state index in [0.717, 1.165) is 12.1 Å². The third-order valence-corrected chi connectivity index (χ3v) is 3.77. The van der Waals surface area contributed by atoms with Crippen molar-refractivity contribution >= 4 is 46.7 Å². The summed E-state index contributed by atoms with van der Waals surface area (Å²) in [5, 5.41) is 20.1. The van der Waals surface area contributed by atoms with E-state index in [1.165, 1.54) is 0 Å². The van der Waals surface area contributed by atoms with Crippen LogP contribution in [0.5, 0.6) is 0 Å². The van der Waals surface area contributed by atoms with E-state index in [1.54, 1.807) is 4.98 Å². The average molecular weight is 418 g/mol. The quantitative estimate of drug-likeness (QED) is 0.421. The first-order valence-electron chi connectivity index (χ1n) is 5.64. The zero-order valence-electron chi connectivity index (χ0n) is 11.7. The first kappa shape index (κ1) is 21.4. The Balaban J connectivity index is 0.00000288. The number of rotatable bonds is 3. The van der Waals surface area contributed by atoms with Crippen LogP contribution in [0.2, 0.25) is 15.1 Å². The number of carbonyl (C=O) groups is 2. The normalized spacial score (nSPS) is 10.1. The summed E-state index contributed by atoms with van der Waals surface area (Å²) in [6.07, 6.45) is 0. The molecule has 0 bridgehead atoms. The van der Waals surface area contributed by atoms with Crippen LogP contribution in [0.4, 0.5) is 0 Å². The van der Waals surface area contributed by atoms with Crippen LogP contribution < -0.4 is 67.7 Å². The molecule has 1 aromatic carbocycles. The van der Waals surface area contributed by atoms with Crippen molar-refractivity contribution in [2.75, 3.05) is 0 Å². The number of carboxylic acid groups (broad SMARTS) is 2. The number of benzene rings is 1. The van der Waals surface area contributed by atoms with E-state index in [4.69, 9.17) is 39.9 Å². The maximum absolute atomic E-state index is 12.0. The molecule has 0 saturated carbocycles. The minimum absolute atomic E-state index is 0. The Labute approximate surface area is 190 Å². The molecule has 2 N–H and O–H groups in total. The second kappa shape index (κ2) is 8.15. The second-order valence-electron chi connectivity index (χ2n) is 4.13. The Bertz CT molecular complexity index is 968. The van der Waals surface area contributed by atoms with Gasteiger partial charge in [-0.2, -0.15) is 0 Å². The number of hydrogen-bond acceptors (Lipinski definition) is 5. The summed E-state index contributed by atoms with van der Waals surface area (Å²) in [5.74, 6) is -3.93. The standard InChI is InChI=1S/C12H5Cl3N2O6.K/c13-3-1-5(15)6(2-4(3)14)17-8(11(21)22)7(10(19)20)9(18)16-12(17)23;/h1-2H,(H,19,20)(H,21,22)(H,16,18,23);/q;+1/p-1. The van der Waals surface area contributed by atoms with Crippen LogP contribution >= 0.6 is 34.8 Å². The minimum atomic E-state index is -2.06. The van der Waals surface area contributed by atoms with Crippen molar-refractivity contribution in [2.45, 2.75) is 0 Å². The van der Waals surface area contributed by atoms with Gasteiger partial charge in [-0.3, -0.25) is 14.3 Å². The number of aromatic nitrogens is 2. The summed E-state index contributed by atoms with van der Waals surface area (Å²) in [7, 11) is 0. The molecule has 1 aromatic heterocycles. The van der Waals surface area contributed by atoms with Crippen molar-refractivity contribution in [3.05, 3.63) is 59.3 Å². The molecule has 0 aliphatic carbocycles. The van der Waals surface area contributed by atoms with Gasteiger partial charge in [-0.1, -0.05) is 34.8 Å².